The van der Waals surface area contributed by atoms with E-state index in [0.29, 0.717) is 16.6 Å². The first kappa shape index (κ1) is 17.8. The molecule has 0 spiro atoms. The number of anilines is 2. The predicted octanol–water partition coefficient (Wildman–Crippen LogP) is 4.85. The zero-order chi connectivity index (χ0) is 18.9. The van der Waals surface area contributed by atoms with Crippen LogP contribution in [-0.2, 0) is 5.41 Å². The van der Waals surface area contributed by atoms with Crippen molar-refractivity contribution in [3.8, 4) is 6.07 Å². The molecule has 7 nitrogen and oxygen atoms in total. The Hall–Kier alpha value is -3.05. The number of nitrogens with zero attached hydrogens (tertiary/aromatic N) is 4. The van der Waals surface area contributed by atoms with Gasteiger partial charge in [-0.05, 0) is 59.8 Å². The van der Waals surface area contributed by atoms with E-state index in [1.165, 1.54) is 0 Å². The summed E-state index contributed by atoms with van der Waals surface area (Å²) >= 11 is 3.38. The molecule has 0 saturated heterocycles. The van der Waals surface area contributed by atoms with Crippen molar-refractivity contribution in [2.45, 2.75) is 19.3 Å². The molecule has 0 aliphatic carbocycles. The van der Waals surface area contributed by atoms with E-state index in [-0.39, 0.29) is 11.5 Å². The summed E-state index contributed by atoms with van der Waals surface area (Å²) in [4.78, 5) is 10.8. The van der Waals surface area contributed by atoms with Gasteiger partial charge in [0.15, 0.2) is 0 Å². The molecule has 130 valence electrons. The second-order valence-corrected chi connectivity index (χ2v) is 7.17. The van der Waals surface area contributed by atoms with Crippen LogP contribution in [0.25, 0.3) is 10.9 Å². The number of aromatic nitrogens is 2. The lowest BCUT2D eigenvalue weighted by atomic mass is 9.86. The third-order valence-electron chi connectivity index (χ3n) is 4.03. The molecule has 0 unspecified atom stereocenters. The minimum absolute atomic E-state index is 0.272. The van der Waals surface area contributed by atoms with Crippen LogP contribution in [-0.4, -0.2) is 15.1 Å². The van der Waals surface area contributed by atoms with E-state index in [1.807, 2.05) is 26.0 Å². The minimum Gasteiger partial charge on any atom is -0.358 e. The van der Waals surface area contributed by atoms with Crippen LogP contribution in [0.5, 0.6) is 0 Å². The fraction of sp³-hybridized carbons (Fsp3) is 0.167. The summed E-state index contributed by atoms with van der Waals surface area (Å²) in [5, 5.41) is 31.9. The molecule has 0 bridgehead atoms. The lowest BCUT2D eigenvalue weighted by Crippen LogP contribution is -2.13. The summed E-state index contributed by atoms with van der Waals surface area (Å²) in [5.74, 6) is -0.350. The van der Waals surface area contributed by atoms with Gasteiger partial charge in [-0.1, -0.05) is 28.1 Å². The lowest BCUT2D eigenvalue weighted by molar-refractivity contribution is -0.389. The van der Waals surface area contributed by atoms with Crippen molar-refractivity contribution < 1.29 is 4.92 Å². The Morgan fingerprint density at radius 1 is 1.19 bits per heavy atom. The van der Waals surface area contributed by atoms with Gasteiger partial charge in [-0.3, -0.25) is 0 Å². The third kappa shape index (κ3) is 3.34. The number of benzene rings is 2. The van der Waals surface area contributed by atoms with Gasteiger partial charge < -0.3 is 15.4 Å². The van der Waals surface area contributed by atoms with Gasteiger partial charge in [-0.15, -0.1) is 0 Å². The van der Waals surface area contributed by atoms with Gasteiger partial charge >= 0.3 is 5.82 Å². The van der Waals surface area contributed by atoms with E-state index >= 15 is 0 Å². The Labute approximate surface area is 158 Å². The van der Waals surface area contributed by atoms with Gasteiger partial charge in [0.2, 0.25) is 0 Å². The number of fused-ring (bicyclic) bond motifs is 1. The molecule has 0 fully saturated rings. The van der Waals surface area contributed by atoms with Gasteiger partial charge in [0, 0.05) is 15.5 Å². The van der Waals surface area contributed by atoms with E-state index < -0.39 is 10.3 Å². The number of halogens is 1. The average Bonchev–Trinajstić information content (AvgIpc) is 2.62. The van der Waals surface area contributed by atoms with Gasteiger partial charge in [0.25, 0.3) is 0 Å². The van der Waals surface area contributed by atoms with Crippen molar-refractivity contribution in [1.82, 2.24) is 10.2 Å². The van der Waals surface area contributed by atoms with Crippen LogP contribution < -0.4 is 5.32 Å². The molecular formula is C18H14BrN5O2. The fourth-order valence-electron chi connectivity index (χ4n) is 2.50. The Balaban J connectivity index is 2.08. The quantitative estimate of drug-likeness (QED) is 0.485. The van der Waals surface area contributed by atoms with Crippen molar-refractivity contribution in [2.24, 2.45) is 0 Å². The summed E-state index contributed by atoms with van der Waals surface area (Å²) in [5.41, 5.74) is 1.72. The van der Waals surface area contributed by atoms with Gasteiger partial charge in [0.05, 0.1) is 16.6 Å². The Kier molecular flexibility index (Phi) is 4.57. The van der Waals surface area contributed by atoms with Crippen molar-refractivity contribution in [3.05, 3.63) is 62.6 Å². The summed E-state index contributed by atoms with van der Waals surface area (Å²) < 4.78 is 0.779. The highest BCUT2D eigenvalue weighted by Gasteiger charge is 2.22. The third-order valence-corrected chi connectivity index (χ3v) is 4.53. The van der Waals surface area contributed by atoms with Crippen LogP contribution in [0.15, 0.2) is 46.9 Å². The highest BCUT2D eigenvalue weighted by molar-refractivity contribution is 9.10. The molecule has 1 N–H and O–H groups in total. The summed E-state index contributed by atoms with van der Waals surface area (Å²) in [6, 6.07) is 14.7. The molecule has 3 aromatic rings. The molecule has 0 amide bonds. The number of rotatable bonds is 4. The fourth-order valence-corrected chi connectivity index (χ4v) is 2.86. The van der Waals surface area contributed by atoms with Crippen molar-refractivity contribution >= 4 is 44.0 Å². The molecule has 0 aliphatic heterocycles. The second kappa shape index (κ2) is 6.69. The van der Waals surface area contributed by atoms with E-state index in [1.54, 1.807) is 30.3 Å². The maximum absolute atomic E-state index is 11.4. The van der Waals surface area contributed by atoms with Crippen LogP contribution in [0.1, 0.15) is 19.4 Å². The van der Waals surface area contributed by atoms with Crippen molar-refractivity contribution in [3.63, 3.8) is 0 Å². The highest BCUT2D eigenvalue weighted by Crippen LogP contribution is 2.34. The van der Waals surface area contributed by atoms with Gasteiger partial charge in [-0.25, -0.2) is 0 Å². The Morgan fingerprint density at radius 2 is 1.88 bits per heavy atom. The summed E-state index contributed by atoms with van der Waals surface area (Å²) in [6.07, 6.45) is 0. The van der Waals surface area contributed by atoms with E-state index in [0.717, 1.165) is 10.0 Å². The van der Waals surface area contributed by atoms with Crippen molar-refractivity contribution in [2.75, 3.05) is 5.32 Å². The molecule has 0 aliphatic rings. The molecule has 2 aromatic carbocycles. The standard InChI is InChI=1S/C18H14BrN5O2/c1-18(2,10-20)11-3-6-13(7-4-11)21-16-14-9-12(19)5-8-15(14)22-23-17(16)24(25)26/h3-9H,1-2H3,(H,21,22). The number of nitriles is 1. The molecule has 0 saturated carbocycles. The van der Waals surface area contributed by atoms with E-state index in [4.69, 9.17) is 0 Å². The smallest absolute Gasteiger partial charge is 0.358 e. The average molecular weight is 412 g/mol. The van der Waals surface area contributed by atoms with E-state index in [9.17, 15) is 15.4 Å². The van der Waals surface area contributed by atoms with Crippen LogP contribution in [0.3, 0.4) is 0 Å². The number of nitrogens with one attached hydrogen (secondary N) is 1. The zero-order valence-electron chi connectivity index (χ0n) is 14.0. The number of hydrogen-bond donors (Lipinski definition) is 1. The number of hydrogen-bond acceptors (Lipinski definition) is 6. The maximum Gasteiger partial charge on any atom is 0.414 e. The monoisotopic (exact) mass is 411 g/mol. The Bertz CT molecular complexity index is 1040. The summed E-state index contributed by atoms with van der Waals surface area (Å²) in [6.45, 7) is 3.66. The maximum atomic E-state index is 11.4. The first-order chi connectivity index (χ1) is 12.3. The predicted molar refractivity (Wildman–Crippen MR) is 102 cm³/mol. The van der Waals surface area contributed by atoms with Crippen LogP contribution in [0.4, 0.5) is 17.2 Å². The van der Waals surface area contributed by atoms with Crippen LogP contribution >= 0.6 is 15.9 Å². The van der Waals surface area contributed by atoms with E-state index in [2.05, 4.69) is 37.5 Å². The first-order valence-corrected chi connectivity index (χ1v) is 8.50. The molecule has 1 aromatic heterocycles. The largest absolute Gasteiger partial charge is 0.414 e. The van der Waals surface area contributed by atoms with Gasteiger partial charge in [0.1, 0.15) is 11.2 Å². The molecule has 3 rings (SSSR count). The second-order valence-electron chi connectivity index (χ2n) is 6.26. The first-order valence-electron chi connectivity index (χ1n) is 7.71. The normalized spacial score (nSPS) is 11.2. The topological polar surface area (TPSA) is 105 Å². The summed E-state index contributed by atoms with van der Waals surface area (Å²) in [7, 11) is 0. The van der Waals surface area contributed by atoms with Gasteiger partial charge in [-0.2, -0.15) is 5.26 Å². The molecule has 8 heteroatoms. The molecule has 1 heterocycles. The molecule has 0 atom stereocenters. The highest BCUT2D eigenvalue weighted by atomic mass is 79.9. The van der Waals surface area contributed by atoms with Crippen LogP contribution in [0, 0.1) is 21.4 Å². The zero-order valence-corrected chi connectivity index (χ0v) is 15.6. The molecular weight excluding hydrogens is 398 g/mol. The van der Waals surface area contributed by atoms with Crippen molar-refractivity contribution in [1.29, 1.82) is 5.26 Å². The SMILES string of the molecule is CC(C)(C#N)c1ccc(Nc2c([N+](=O)[O-])nnc3ccc(Br)cc23)cc1. The Morgan fingerprint density at radius 3 is 2.50 bits per heavy atom. The molecule has 0 radical (unpaired) electrons. The molecule has 26 heavy (non-hydrogen) atoms. The number of nitro groups is 1. The van der Waals surface area contributed by atoms with Crippen LogP contribution in [0.2, 0.25) is 0 Å². The minimum atomic E-state index is -0.611. The lowest BCUT2D eigenvalue weighted by Gasteiger charge is -2.16.